The van der Waals surface area contributed by atoms with Crippen molar-refractivity contribution in [2.45, 2.75) is 26.0 Å². The van der Waals surface area contributed by atoms with Crippen LogP contribution in [0.5, 0.6) is 0 Å². The summed E-state index contributed by atoms with van der Waals surface area (Å²) < 4.78 is 6.87. The Balaban J connectivity index is 1.86. The Morgan fingerprint density at radius 3 is 2.91 bits per heavy atom. The molecule has 2 amide bonds. The molecule has 1 N–H and O–H groups in total. The Bertz CT molecular complexity index is 737. The molecule has 0 saturated carbocycles. The molecule has 2 heterocycles. The number of fused-ring (bicyclic) bond motifs is 1. The number of amides is 2. The number of benzene rings is 1. The van der Waals surface area contributed by atoms with Gasteiger partial charge in [0, 0.05) is 24.2 Å². The van der Waals surface area contributed by atoms with Gasteiger partial charge in [0.25, 0.3) is 5.91 Å². The number of carbonyl (C=O) groups excluding carboxylic acids is 2. The summed E-state index contributed by atoms with van der Waals surface area (Å²) in [6.45, 7) is 4.34. The van der Waals surface area contributed by atoms with E-state index in [-0.39, 0.29) is 18.5 Å². The van der Waals surface area contributed by atoms with Crippen LogP contribution in [0.15, 0.2) is 24.4 Å². The number of ether oxygens (including phenoxy) is 1. The van der Waals surface area contributed by atoms with E-state index in [1.54, 1.807) is 13.2 Å². The molecular formula is C15H18N4O3. The number of carbonyl (C=O) groups is 2. The second-order valence-corrected chi connectivity index (χ2v) is 5.60. The smallest absolute Gasteiger partial charge is 0.408 e. The van der Waals surface area contributed by atoms with E-state index in [9.17, 15) is 9.59 Å². The average Bonchev–Trinajstić information content (AvgIpc) is 3.11. The summed E-state index contributed by atoms with van der Waals surface area (Å²) in [5.41, 5.74) is 1.76. The summed E-state index contributed by atoms with van der Waals surface area (Å²) in [4.78, 5) is 24.9. The van der Waals surface area contributed by atoms with E-state index >= 15 is 0 Å². The summed E-state index contributed by atoms with van der Waals surface area (Å²) in [5, 5.41) is 7.81. The Kier molecular flexibility index (Phi) is 3.48. The second-order valence-electron chi connectivity index (χ2n) is 5.60. The number of alkyl carbamates (subject to hydrolysis) is 1. The maximum absolute atomic E-state index is 12.3. The van der Waals surface area contributed by atoms with Gasteiger partial charge in [-0.15, -0.1) is 0 Å². The molecule has 2 aromatic rings. The quantitative estimate of drug-likeness (QED) is 0.936. The van der Waals surface area contributed by atoms with Crippen LogP contribution in [0.1, 0.15) is 19.9 Å². The summed E-state index contributed by atoms with van der Waals surface area (Å²) in [6.07, 6.45) is 0.459. The van der Waals surface area contributed by atoms with E-state index in [2.05, 4.69) is 24.3 Å². The van der Waals surface area contributed by atoms with Gasteiger partial charge in [-0.1, -0.05) is 0 Å². The fourth-order valence-electron chi connectivity index (χ4n) is 2.53. The van der Waals surface area contributed by atoms with Gasteiger partial charge in [0.15, 0.2) is 6.10 Å². The predicted molar refractivity (Wildman–Crippen MR) is 81.8 cm³/mol. The van der Waals surface area contributed by atoms with Crippen molar-refractivity contribution in [2.75, 3.05) is 18.5 Å². The average molecular weight is 302 g/mol. The van der Waals surface area contributed by atoms with E-state index in [1.807, 2.05) is 22.9 Å². The fraction of sp³-hybridized carbons (Fsp3) is 0.400. The highest BCUT2D eigenvalue weighted by molar-refractivity contribution is 5.99. The molecule has 1 atom stereocenters. The minimum atomic E-state index is -0.772. The number of aromatic nitrogens is 2. The Labute approximate surface area is 127 Å². The maximum atomic E-state index is 12.3. The molecule has 0 bridgehead atoms. The molecule has 1 saturated heterocycles. The van der Waals surface area contributed by atoms with E-state index in [0.29, 0.717) is 0 Å². The van der Waals surface area contributed by atoms with E-state index in [4.69, 9.17) is 4.74 Å². The number of anilines is 1. The highest BCUT2D eigenvalue weighted by Gasteiger charge is 2.32. The van der Waals surface area contributed by atoms with Crippen LogP contribution in [0, 0.1) is 0 Å². The number of hydrogen-bond donors (Lipinski definition) is 1. The van der Waals surface area contributed by atoms with Gasteiger partial charge in [-0.05, 0) is 32.0 Å². The molecule has 1 fully saturated rings. The third-order valence-corrected chi connectivity index (χ3v) is 3.74. The molecule has 7 nitrogen and oxygen atoms in total. The molecule has 7 heteroatoms. The van der Waals surface area contributed by atoms with Gasteiger partial charge in [0.1, 0.15) is 0 Å². The first-order valence-electron chi connectivity index (χ1n) is 7.16. The minimum absolute atomic E-state index is 0.204. The van der Waals surface area contributed by atoms with Crippen LogP contribution in [0.4, 0.5) is 10.5 Å². The fourth-order valence-corrected chi connectivity index (χ4v) is 2.53. The topological polar surface area (TPSA) is 76.5 Å². The summed E-state index contributed by atoms with van der Waals surface area (Å²) >= 11 is 0. The SMILES string of the molecule is CC(C)n1ncc2cc(N(C)C(=O)[C@@H]3CNC(=O)O3)ccc21. The number of cyclic esters (lactones) is 1. The lowest BCUT2D eigenvalue weighted by Crippen LogP contribution is -2.38. The van der Waals surface area contributed by atoms with Crippen LogP contribution >= 0.6 is 0 Å². The summed E-state index contributed by atoms with van der Waals surface area (Å²) in [5.74, 6) is -0.256. The number of hydrogen-bond acceptors (Lipinski definition) is 4. The Morgan fingerprint density at radius 1 is 1.50 bits per heavy atom. The van der Waals surface area contributed by atoms with E-state index in [1.165, 1.54) is 4.90 Å². The van der Waals surface area contributed by atoms with Gasteiger partial charge >= 0.3 is 6.09 Å². The maximum Gasteiger partial charge on any atom is 0.408 e. The lowest BCUT2D eigenvalue weighted by molar-refractivity contribution is -0.124. The molecule has 1 aromatic carbocycles. The molecule has 0 unspecified atom stereocenters. The van der Waals surface area contributed by atoms with Crippen LogP contribution in [-0.2, 0) is 9.53 Å². The monoisotopic (exact) mass is 302 g/mol. The van der Waals surface area contributed by atoms with Crippen molar-refractivity contribution in [2.24, 2.45) is 0 Å². The van der Waals surface area contributed by atoms with Gasteiger partial charge in [-0.3, -0.25) is 9.48 Å². The largest absolute Gasteiger partial charge is 0.434 e. The molecular weight excluding hydrogens is 284 g/mol. The zero-order valence-corrected chi connectivity index (χ0v) is 12.7. The summed E-state index contributed by atoms with van der Waals surface area (Å²) in [7, 11) is 1.67. The standard InChI is InChI=1S/C15H18N4O3/c1-9(2)19-12-5-4-11(6-10(12)7-17-19)18(3)14(20)13-8-16-15(21)22-13/h4-7,9,13H,8H2,1-3H3,(H,16,21)/t13-/m0/s1. The number of nitrogens with one attached hydrogen (secondary N) is 1. The zero-order chi connectivity index (χ0) is 15.9. The normalized spacial score (nSPS) is 17.6. The van der Waals surface area contributed by atoms with Crippen LogP contribution in [-0.4, -0.2) is 41.5 Å². The van der Waals surface area contributed by atoms with Crippen LogP contribution < -0.4 is 10.2 Å². The van der Waals surface area contributed by atoms with Crippen molar-refractivity contribution in [3.63, 3.8) is 0 Å². The molecule has 0 spiro atoms. The first kappa shape index (κ1) is 14.4. The van der Waals surface area contributed by atoms with E-state index in [0.717, 1.165) is 16.6 Å². The Hall–Kier alpha value is -2.57. The Morgan fingerprint density at radius 2 is 2.27 bits per heavy atom. The molecule has 22 heavy (non-hydrogen) atoms. The highest BCUT2D eigenvalue weighted by Crippen LogP contribution is 2.24. The van der Waals surface area contributed by atoms with Crippen LogP contribution in [0.25, 0.3) is 10.9 Å². The van der Waals surface area contributed by atoms with Crippen molar-refractivity contribution in [1.82, 2.24) is 15.1 Å². The van der Waals surface area contributed by atoms with Crippen molar-refractivity contribution in [3.05, 3.63) is 24.4 Å². The summed E-state index contributed by atoms with van der Waals surface area (Å²) in [6, 6.07) is 5.99. The van der Waals surface area contributed by atoms with Gasteiger partial charge in [0.2, 0.25) is 0 Å². The number of nitrogens with zero attached hydrogens (tertiary/aromatic N) is 3. The van der Waals surface area contributed by atoms with Crippen molar-refractivity contribution >= 4 is 28.6 Å². The first-order valence-corrected chi connectivity index (χ1v) is 7.16. The van der Waals surface area contributed by atoms with Gasteiger partial charge < -0.3 is 15.0 Å². The third kappa shape index (κ3) is 2.38. The molecule has 0 radical (unpaired) electrons. The lowest BCUT2D eigenvalue weighted by Gasteiger charge is -2.20. The van der Waals surface area contributed by atoms with Crippen molar-refractivity contribution in [1.29, 1.82) is 0 Å². The molecule has 1 aliphatic heterocycles. The lowest BCUT2D eigenvalue weighted by atomic mass is 10.2. The third-order valence-electron chi connectivity index (χ3n) is 3.74. The second kappa shape index (κ2) is 5.32. The predicted octanol–water partition coefficient (Wildman–Crippen LogP) is 1.69. The van der Waals surface area contributed by atoms with Crippen LogP contribution in [0.2, 0.25) is 0 Å². The number of likely N-dealkylation sites (N-methyl/N-ethyl adjacent to an activating group) is 1. The van der Waals surface area contributed by atoms with Crippen molar-refractivity contribution < 1.29 is 14.3 Å². The molecule has 1 aromatic heterocycles. The van der Waals surface area contributed by atoms with Crippen LogP contribution in [0.3, 0.4) is 0 Å². The molecule has 1 aliphatic rings. The van der Waals surface area contributed by atoms with Gasteiger partial charge in [-0.2, -0.15) is 5.10 Å². The van der Waals surface area contributed by atoms with Crippen molar-refractivity contribution in [3.8, 4) is 0 Å². The minimum Gasteiger partial charge on any atom is -0.434 e. The van der Waals surface area contributed by atoms with Gasteiger partial charge in [0.05, 0.1) is 18.3 Å². The highest BCUT2D eigenvalue weighted by atomic mass is 16.6. The number of rotatable bonds is 3. The molecule has 3 rings (SSSR count). The molecule has 116 valence electrons. The molecule has 0 aliphatic carbocycles. The van der Waals surface area contributed by atoms with E-state index < -0.39 is 12.2 Å². The van der Waals surface area contributed by atoms with Gasteiger partial charge in [-0.25, -0.2) is 4.79 Å². The first-order chi connectivity index (χ1) is 10.5. The zero-order valence-electron chi connectivity index (χ0n) is 12.7.